The van der Waals surface area contributed by atoms with Crippen molar-refractivity contribution < 1.29 is 22.1 Å². The van der Waals surface area contributed by atoms with Crippen molar-refractivity contribution >= 4 is 16.1 Å². The Labute approximate surface area is 123 Å². The van der Waals surface area contributed by atoms with Crippen molar-refractivity contribution in [1.29, 1.82) is 0 Å². The second-order valence-corrected chi connectivity index (χ2v) is 5.92. The van der Waals surface area contributed by atoms with E-state index in [0.29, 0.717) is 0 Å². The van der Waals surface area contributed by atoms with Crippen molar-refractivity contribution in [3.8, 4) is 5.75 Å². The summed E-state index contributed by atoms with van der Waals surface area (Å²) in [5.74, 6) is -0.397. The summed E-state index contributed by atoms with van der Waals surface area (Å²) in [5.41, 5.74) is 1.14. The van der Waals surface area contributed by atoms with Crippen molar-refractivity contribution in [2.75, 3.05) is 7.11 Å². The second kappa shape index (κ2) is 5.97. The maximum atomic E-state index is 12.2. The number of methoxy groups -OCH3 is 1. The number of benzene rings is 2. The van der Waals surface area contributed by atoms with Crippen LogP contribution in [0.25, 0.3) is 0 Å². The van der Waals surface area contributed by atoms with Gasteiger partial charge in [0.05, 0.1) is 12.7 Å². The summed E-state index contributed by atoms with van der Waals surface area (Å²) in [7, 11) is -2.77. The van der Waals surface area contributed by atoms with Gasteiger partial charge < -0.3 is 8.92 Å². The van der Waals surface area contributed by atoms with Crippen LogP contribution < -0.4 is 4.18 Å². The van der Waals surface area contributed by atoms with Crippen molar-refractivity contribution in [2.45, 2.75) is 11.8 Å². The van der Waals surface area contributed by atoms with Gasteiger partial charge in [0.25, 0.3) is 0 Å². The molecule has 0 heterocycles. The third-order valence-corrected chi connectivity index (χ3v) is 4.01. The third kappa shape index (κ3) is 3.61. The molecule has 0 aliphatic heterocycles. The molecular weight excluding hydrogens is 292 g/mol. The molecule has 0 fully saturated rings. The van der Waals surface area contributed by atoms with Gasteiger partial charge in [0.15, 0.2) is 0 Å². The maximum Gasteiger partial charge on any atom is 0.339 e. The number of carbonyl (C=O) groups excluding carboxylic acids is 1. The largest absolute Gasteiger partial charge is 0.465 e. The van der Waals surface area contributed by atoms with Crippen LogP contribution in [0.1, 0.15) is 15.9 Å². The van der Waals surface area contributed by atoms with Crippen LogP contribution >= 0.6 is 0 Å². The average Bonchev–Trinajstić information content (AvgIpc) is 2.49. The van der Waals surface area contributed by atoms with Gasteiger partial charge in [0.2, 0.25) is 0 Å². The van der Waals surface area contributed by atoms with Crippen LogP contribution in [0, 0.1) is 6.92 Å². The van der Waals surface area contributed by atoms with E-state index in [4.69, 9.17) is 4.18 Å². The van der Waals surface area contributed by atoms with Crippen LogP contribution in [0.4, 0.5) is 0 Å². The van der Waals surface area contributed by atoms with Crippen LogP contribution in [-0.2, 0) is 14.9 Å². The van der Waals surface area contributed by atoms with E-state index in [-0.39, 0.29) is 16.2 Å². The molecule has 2 rings (SSSR count). The molecule has 0 saturated heterocycles. The molecule has 6 heteroatoms. The maximum absolute atomic E-state index is 12.2. The van der Waals surface area contributed by atoms with Gasteiger partial charge in [-0.2, -0.15) is 8.42 Å². The fourth-order valence-corrected chi connectivity index (χ4v) is 2.64. The standard InChI is InChI=1S/C15H14O5S/c1-11-6-8-13(9-7-11)20-21(17,18)14-5-3-4-12(10-14)15(16)19-2/h3-10H,1-2H3. The number of hydrogen-bond acceptors (Lipinski definition) is 5. The summed E-state index contributed by atoms with van der Waals surface area (Å²) >= 11 is 0. The lowest BCUT2D eigenvalue weighted by molar-refractivity contribution is 0.0600. The first kappa shape index (κ1) is 15.1. The molecule has 0 radical (unpaired) electrons. The van der Waals surface area contributed by atoms with Crippen molar-refractivity contribution in [1.82, 2.24) is 0 Å². The van der Waals surface area contributed by atoms with E-state index in [1.165, 1.54) is 31.4 Å². The number of carbonyl (C=O) groups is 1. The first-order valence-electron chi connectivity index (χ1n) is 6.12. The minimum absolute atomic E-state index is 0.106. The zero-order chi connectivity index (χ0) is 15.5. The molecule has 5 nitrogen and oxygen atoms in total. The lowest BCUT2D eigenvalue weighted by Gasteiger charge is -2.08. The van der Waals surface area contributed by atoms with Gasteiger partial charge in [-0.25, -0.2) is 4.79 Å². The molecule has 0 N–H and O–H groups in total. The normalized spacial score (nSPS) is 11.0. The van der Waals surface area contributed by atoms with Gasteiger partial charge in [-0.1, -0.05) is 23.8 Å². The molecule has 0 spiro atoms. The fourth-order valence-electron chi connectivity index (χ4n) is 1.67. The summed E-state index contributed by atoms with van der Waals surface area (Å²) in [4.78, 5) is 11.3. The zero-order valence-corrected chi connectivity index (χ0v) is 12.4. The Morgan fingerprint density at radius 3 is 2.33 bits per heavy atom. The molecule has 0 aliphatic rings. The molecule has 0 aromatic heterocycles. The summed E-state index contributed by atoms with van der Waals surface area (Å²) in [6.45, 7) is 1.89. The minimum atomic E-state index is -4.00. The van der Waals surface area contributed by atoms with Gasteiger partial charge in [-0.05, 0) is 37.3 Å². The summed E-state index contributed by atoms with van der Waals surface area (Å²) < 4.78 is 33.9. The number of ether oxygens (including phenoxy) is 1. The highest BCUT2D eigenvalue weighted by Crippen LogP contribution is 2.20. The zero-order valence-electron chi connectivity index (χ0n) is 11.6. The van der Waals surface area contributed by atoms with Crippen LogP contribution in [0.3, 0.4) is 0 Å². The quantitative estimate of drug-likeness (QED) is 0.641. The van der Waals surface area contributed by atoms with Crippen molar-refractivity contribution in [2.24, 2.45) is 0 Å². The monoisotopic (exact) mass is 306 g/mol. The topological polar surface area (TPSA) is 69.7 Å². The molecular formula is C15H14O5S. The van der Waals surface area contributed by atoms with Crippen molar-refractivity contribution in [3.05, 3.63) is 59.7 Å². The highest BCUT2D eigenvalue weighted by atomic mass is 32.2. The number of esters is 1. The Balaban J connectivity index is 2.31. The van der Waals surface area contributed by atoms with Crippen LogP contribution in [0.5, 0.6) is 5.75 Å². The Morgan fingerprint density at radius 2 is 1.71 bits per heavy atom. The summed E-state index contributed by atoms with van der Waals surface area (Å²) in [6.07, 6.45) is 0. The Kier molecular flexibility index (Phi) is 4.28. The predicted octanol–water partition coefficient (Wildman–Crippen LogP) is 2.55. The molecule has 2 aromatic carbocycles. The molecule has 0 unspecified atom stereocenters. The summed E-state index contributed by atoms with van der Waals surface area (Å²) in [5, 5.41) is 0. The number of hydrogen-bond donors (Lipinski definition) is 0. The molecule has 0 aliphatic carbocycles. The Hall–Kier alpha value is -2.34. The minimum Gasteiger partial charge on any atom is -0.465 e. The van der Waals surface area contributed by atoms with E-state index in [1.807, 2.05) is 6.92 Å². The lowest BCUT2D eigenvalue weighted by atomic mass is 10.2. The third-order valence-electron chi connectivity index (χ3n) is 2.77. The van der Waals surface area contributed by atoms with E-state index in [0.717, 1.165) is 5.56 Å². The van der Waals surface area contributed by atoms with Gasteiger partial charge in [0, 0.05) is 0 Å². The number of aryl methyl sites for hydroxylation is 1. The van der Waals surface area contributed by atoms with E-state index >= 15 is 0 Å². The second-order valence-electron chi connectivity index (χ2n) is 4.37. The van der Waals surface area contributed by atoms with Crippen molar-refractivity contribution in [3.63, 3.8) is 0 Å². The molecule has 2 aromatic rings. The van der Waals surface area contributed by atoms with Gasteiger partial charge in [-0.15, -0.1) is 0 Å². The first-order chi connectivity index (χ1) is 9.92. The molecule has 0 bridgehead atoms. The molecule has 110 valence electrons. The van der Waals surface area contributed by atoms with Gasteiger partial charge in [-0.3, -0.25) is 0 Å². The molecule has 0 atom stereocenters. The Morgan fingerprint density at radius 1 is 1.05 bits per heavy atom. The van der Waals surface area contributed by atoms with E-state index in [2.05, 4.69) is 4.74 Å². The van der Waals surface area contributed by atoms with E-state index in [1.54, 1.807) is 24.3 Å². The smallest absolute Gasteiger partial charge is 0.339 e. The summed E-state index contributed by atoms with van der Waals surface area (Å²) in [6, 6.07) is 12.1. The van der Waals surface area contributed by atoms with E-state index < -0.39 is 16.1 Å². The highest BCUT2D eigenvalue weighted by molar-refractivity contribution is 7.87. The van der Waals surface area contributed by atoms with Crippen LogP contribution in [-0.4, -0.2) is 21.5 Å². The SMILES string of the molecule is COC(=O)c1cccc(S(=O)(=O)Oc2ccc(C)cc2)c1. The Bertz CT molecular complexity index is 748. The van der Waals surface area contributed by atoms with Gasteiger partial charge >= 0.3 is 16.1 Å². The average molecular weight is 306 g/mol. The lowest BCUT2D eigenvalue weighted by Crippen LogP contribution is -2.11. The predicted molar refractivity (Wildman–Crippen MR) is 76.8 cm³/mol. The molecule has 0 saturated carbocycles. The van der Waals surface area contributed by atoms with E-state index in [9.17, 15) is 13.2 Å². The molecule has 0 amide bonds. The fraction of sp³-hybridized carbons (Fsp3) is 0.133. The molecule has 21 heavy (non-hydrogen) atoms. The van der Waals surface area contributed by atoms with Gasteiger partial charge in [0.1, 0.15) is 10.6 Å². The van der Waals surface area contributed by atoms with Crippen LogP contribution in [0.15, 0.2) is 53.4 Å². The first-order valence-corrected chi connectivity index (χ1v) is 7.53. The van der Waals surface area contributed by atoms with Crippen LogP contribution in [0.2, 0.25) is 0 Å². The number of rotatable bonds is 4. The highest BCUT2D eigenvalue weighted by Gasteiger charge is 2.18.